The Bertz CT molecular complexity index is 1040. The van der Waals surface area contributed by atoms with Gasteiger partial charge in [-0.2, -0.15) is 0 Å². The summed E-state index contributed by atoms with van der Waals surface area (Å²) in [5.74, 6) is -0.916. The van der Waals surface area contributed by atoms with Gasteiger partial charge in [0.2, 0.25) is 0 Å². The number of rotatable bonds is 41. The summed E-state index contributed by atoms with van der Waals surface area (Å²) in [6, 6.07) is 0. The van der Waals surface area contributed by atoms with Crippen molar-refractivity contribution in [2.75, 3.05) is 13.2 Å². The van der Waals surface area contributed by atoms with E-state index in [0.717, 1.165) is 109 Å². The molecule has 0 heterocycles. The summed E-state index contributed by atoms with van der Waals surface area (Å²) in [6.45, 7) is 6.41. The van der Waals surface area contributed by atoms with Gasteiger partial charge in [0.1, 0.15) is 13.2 Å². The van der Waals surface area contributed by atoms with E-state index in [1.54, 1.807) is 0 Å². The molecule has 0 spiro atoms. The lowest BCUT2D eigenvalue weighted by atomic mass is 10.1. The maximum absolute atomic E-state index is 12.7. The number of hydrogen-bond donors (Lipinski definition) is 0. The highest BCUT2D eigenvalue weighted by Gasteiger charge is 2.19. The van der Waals surface area contributed by atoms with Crippen LogP contribution in [0.4, 0.5) is 0 Å². The summed E-state index contributed by atoms with van der Waals surface area (Å²) in [6.07, 6.45) is 53.5. The van der Waals surface area contributed by atoms with E-state index in [1.165, 1.54) is 70.6 Å². The largest absolute Gasteiger partial charge is 0.462 e. The number of ether oxygens (including phenoxy) is 3. The number of allylic oxidation sites excluding steroid dienone is 10. The molecule has 0 saturated carbocycles. The van der Waals surface area contributed by atoms with Crippen LogP contribution in [0, 0.1) is 0 Å². The van der Waals surface area contributed by atoms with Crippen LogP contribution in [0.3, 0.4) is 0 Å². The molecule has 6 heteroatoms. The van der Waals surface area contributed by atoms with Crippen LogP contribution in [0.5, 0.6) is 0 Å². The fourth-order valence-electron chi connectivity index (χ4n) is 6.24. The topological polar surface area (TPSA) is 78.9 Å². The van der Waals surface area contributed by atoms with Crippen LogP contribution in [0.25, 0.3) is 0 Å². The molecule has 0 aliphatic heterocycles. The number of carbonyl (C=O) groups excluding carboxylic acids is 3. The molecule has 0 saturated heterocycles. The first-order valence-electron chi connectivity index (χ1n) is 23.3. The van der Waals surface area contributed by atoms with Crippen molar-refractivity contribution < 1.29 is 28.6 Å². The minimum Gasteiger partial charge on any atom is -0.462 e. The zero-order valence-corrected chi connectivity index (χ0v) is 36.6. The molecule has 0 radical (unpaired) electrons. The average molecular weight is 783 g/mol. The van der Waals surface area contributed by atoms with Crippen molar-refractivity contribution >= 4 is 17.9 Å². The standard InChI is InChI=1S/C50H86O6/c1-4-7-10-13-16-18-20-22-24-25-26-28-29-31-34-37-40-43-49(52)55-46-47(45-54-48(51)42-39-36-33-15-12-9-6-3)56-50(53)44-41-38-35-32-30-27-23-21-19-17-14-11-8-5-2/h7,10,14,16-18,21-24,47H,4-6,8-9,11-13,15,19-20,25-46H2,1-3H3/b10-7-,17-14-,18-16-,23-21-,24-22-. The molecular weight excluding hydrogens is 697 g/mol. The third kappa shape index (κ3) is 42.3. The summed E-state index contributed by atoms with van der Waals surface area (Å²) in [5.41, 5.74) is 0. The lowest BCUT2D eigenvalue weighted by molar-refractivity contribution is -0.167. The van der Waals surface area contributed by atoms with Crippen LogP contribution < -0.4 is 0 Å². The fourth-order valence-corrected chi connectivity index (χ4v) is 6.24. The molecule has 322 valence electrons. The number of esters is 3. The number of hydrogen-bond acceptors (Lipinski definition) is 6. The molecule has 0 aromatic heterocycles. The van der Waals surface area contributed by atoms with Crippen LogP contribution in [0.1, 0.15) is 220 Å². The van der Waals surface area contributed by atoms with Crippen molar-refractivity contribution in [2.24, 2.45) is 0 Å². The van der Waals surface area contributed by atoms with Gasteiger partial charge in [-0.3, -0.25) is 14.4 Å². The van der Waals surface area contributed by atoms with Gasteiger partial charge in [0.05, 0.1) is 0 Å². The minimum absolute atomic E-state index is 0.0832. The minimum atomic E-state index is -0.781. The van der Waals surface area contributed by atoms with Crippen LogP contribution in [-0.4, -0.2) is 37.2 Å². The maximum Gasteiger partial charge on any atom is 0.306 e. The van der Waals surface area contributed by atoms with Gasteiger partial charge in [-0.1, -0.05) is 184 Å². The molecule has 0 amide bonds. The van der Waals surface area contributed by atoms with E-state index in [9.17, 15) is 14.4 Å². The Morgan fingerprint density at radius 1 is 0.375 bits per heavy atom. The Labute approximate surface area is 345 Å². The Morgan fingerprint density at radius 2 is 0.714 bits per heavy atom. The highest BCUT2D eigenvalue weighted by Crippen LogP contribution is 2.13. The smallest absolute Gasteiger partial charge is 0.306 e. The van der Waals surface area contributed by atoms with E-state index in [0.29, 0.717) is 19.3 Å². The quantitative estimate of drug-likeness (QED) is 0.0266. The van der Waals surface area contributed by atoms with Gasteiger partial charge in [-0.25, -0.2) is 0 Å². The first-order chi connectivity index (χ1) is 27.5. The highest BCUT2D eigenvalue weighted by atomic mass is 16.6. The highest BCUT2D eigenvalue weighted by molar-refractivity contribution is 5.71. The molecule has 0 aliphatic carbocycles. The van der Waals surface area contributed by atoms with Crippen molar-refractivity contribution in [3.63, 3.8) is 0 Å². The van der Waals surface area contributed by atoms with E-state index in [1.807, 2.05) is 0 Å². The summed E-state index contributed by atoms with van der Waals surface area (Å²) in [5, 5.41) is 0. The van der Waals surface area contributed by atoms with Crippen LogP contribution in [0.15, 0.2) is 60.8 Å². The van der Waals surface area contributed by atoms with E-state index >= 15 is 0 Å². The molecule has 6 nitrogen and oxygen atoms in total. The normalized spacial score (nSPS) is 12.6. The lowest BCUT2D eigenvalue weighted by Crippen LogP contribution is -2.30. The van der Waals surface area contributed by atoms with Gasteiger partial charge in [0.15, 0.2) is 6.10 Å². The average Bonchev–Trinajstić information content (AvgIpc) is 3.19. The Hall–Kier alpha value is -2.89. The van der Waals surface area contributed by atoms with Crippen molar-refractivity contribution in [2.45, 2.75) is 226 Å². The van der Waals surface area contributed by atoms with Crippen LogP contribution >= 0.6 is 0 Å². The van der Waals surface area contributed by atoms with Gasteiger partial charge in [-0.15, -0.1) is 0 Å². The molecule has 0 N–H and O–H groups in total. The van der Waals surface area contributed by atoms with E-state index < -0.39 is 6.10 Å². The lowest BCUT2D eigenvalue weighted by Gasteiger charge is -2.18. The van der Waals surface area contributed by atoms with E-state index in [-0.39, 0.29) is 31.1 Å². The molecule has 0 fully saturated rings. The number of carbonyl (C=O) groups is 3. The molecule has 1 atom stereocenters. The second-order valence-electron chi connectivity index (χ2n) is 15.3. The molecule has 1 unspecified atom stereocenters. The summed E-state index contributed by atoms with van der Waals surface area (Å²) < 4.78 is 16.7. The van der Waals surface area contributed by atoms with Crippen molar-refractivity contribution in [1.29, 1.82) is 0 Å². The zero-order valence-electron chi connectivity index (χ0n) is 36.6. The Balaban J connectivity index is 4.33. The van der Waals surface area contributed by atoms with Gasteiger partial charge in [0, 0.05) is 19.3 Å². The Morgan fingerprint density at radius 3 is 1.14 bits per heavy atom. The summed E-state index contributed by atoms with van der Waals surface area (Å²) >= 11 is 0. The first-order valence-corrected chi connectivity index (χ1v) is 23.3. The molecule has 0 bridgehead atoms. The monoisotopic (exact) mass is 783 g/mol. The predicted molar refractivity (Wildman–Crippen MR) is 238 cm³/mol. The predicted octanol–water partition coefficient (Wildman–Crippen LogP) is 14.9. The van der Waals surface area contributed by atoms with Crippen molar-refractivity contribution in [3.8, 4) is 0 Å². The molecule has 56 heavy (non-hydrogen) atoms. The molecule has 0 aliphatic rings. The van der Waals surface area contributed by atoms with Gasteiger partial charge >= 0.3 is 17.9 Å². The van der Waals surface area contributed by atoms with Crippen molar-refractivity contribution in [3.05, 3.63) is 60.8 Å². The zero-order chi connectivity index (χ0) is 40.8. The third-order valence-corrected chi connectivity index (χ3v) is 9.76. The molecule has 0 rings (SSSR count). The number of unbranched alkanes of at least 4 members (excludes halogenated alkanes) is 20. The SMILES string of the molecule is CC/C=C\C/C=C\C/C=C\CCCCCCCCCC(=O)OCC(COC(=O)CCCCCCCCC)OC(=O)CCCCCCC/C=C\C/C=C\CCCC. The second-order valence-corrected chi connectivity index (χ2v) is 15.3. The van der Waals surface area contributed by atoms with Gasteiger partial charge in [-0.05, 0) is 77.0 Å². The Kier molecular flexibility index (Phi) is 42.5. The second kappa shape index (κ2) is 44.8. The van der Waals surface area contributed by atoms with Gasteiger partial charge < -0.3 is 14.2 Å². The molecule has 0 aromatic rings. The van der Waals surface area contributed by atoms with Gasteiger partial charge in [0.25, 0.3) is 0 Å². The van der Waals surface area contributed by atoms with E-state index in [2.05, 4.69) is 81.5 Å². The van der Waals surface area contributed by atoms with E-state index in [4.69, 9.17) is 14.2 Å². The summed E-state index contributed by atoms with van der Waals surface area (Å²) in [4.78, 5) is 37.7. The third-order valence-electron chi connectivity index (χ3n) is 9.76. The maximum atomic E-state index is 12.7. The van der Waals surface area contributed by atoms with Crippen molar-refractivity contribution in [1.82, 2.24) is 0 Å². The summed E-state index contributed by atoms with van der Waals surface area (Å²) in [7, 11) is 0. The fraction of sp³-hybridized carbons (Fsp3) is 0.740. The van der Waals surface area contributed by atoms with Crippen LogP contribution in [0.2, 0.25) is 0 Å². The van der Waals surface area contributed by atoms with Crippen LogP contribution in [-0.2, 0) is 28.6 Å². The molecular formula is C50H86O6. The first kappa shape index (κ1) is 53.1. The molecule has 0 aromatic carbocycles.